The Labute approximate surface area is 165 Å². The van der Waals surface area contributed by atoms with Crippen molar-refractivity contribution in [2.45, 2.75) is 40.0 Å². The first-order chi connectivity index (χ1) is 13.6. The van der Waals surface area contributed by atoms with E-state index in [1.165, 1.54) is 16.6 Å². The highest BCUT2D eigenvalue weighted by Crippen LogP contribution is 2.25. The number of rotatable bonds is 6. The highest BCUT2D eigenvalue weighted by Gasteiger charge is 2.19. The molecule has 0 aliphatic heterocycles. The summed E-state index contributed by atoms with van der Waals surface area (Å²) in [5, 5.41) is 12.9. The number of aryl methyl sites for hydroxylation is 3. The van der Waals surface area contributed by atoms with Crippen LogP contribution in [0.2, 0.25) is 0 Å². The van der Waals surface area contributed by atoms with Crippen LogP contribution in [0.5, 0.6) is 5.75 Å². The predicted molar refractivity (Wildman–Crippen MR) is 113 cm³/mol. The standard InChI is InChI=1S/C24H27N2O2/c1-4-25-16-26(23-13-18(3)17(2)12-22(23)25)14-20(27)15-28-24-11-7-9-19-8-5-6-10-21(19)24/h5-13,16,20,27H,4,14-15H2,1-3H3/q+1/t20-/m1/s1. The maximum absolute atomic E-state index is 10.6. The van der Waals surface area contributed by atoms with Crippen molar-refractivity contribution in [2.24, 2.45) is 0 Å². The average Bonchev–Trinajstić information content (AvgIpc) is 3.03. The Bertz CT molecular complexity index is 1130. The minimum absolute atomic E-state index is 0.255. The number of imidazole rings is 1. The molecule has 1 heterocycles. The van der Waals surface area contributed by atoms with Crippen LogP contribution in [0.4, 0.5) is 0 Å². The van der Waals surface area contributed by atoms with Gasteiger partial charge in [0.1, 0.15) is 25.0 Å². The van der Waals surface area contributed by atoms with Gasteiger partial charge in [-0.2, -0.15) is 0 Å². The lowest BCUT2D eigenvalue weighted by Gasteiger charge is -2.13. The molecule has 0 radical (unpaired) electrons. The smallest absolute Gasteiger partial charge is 0.244 e. The lowest BCUT2D eigenvalue weighted by molar-refractivity contribution is -0.679. The first kappa shape index (κ1) is 18.5. The third-order valence-corrected chi connectivity index (χ3v) is 5.42. The SMILES string of the molecule is CCn1c[n+](C[C@@H](O)COc2cccc3ccccc23)c2cc(C)c(C)cc21. The molecule has 0 saturated carbocycles. The second-order valence-electron chi connectivity index (χ2n) is 7.42. The molecule has 0 amide bonds. The molecule has 4 heteroatoms. The van der Waals surface area contributed by atoms with Gasteiger partial charge in [0.15, 0.2) is 11.0 Å². The van der Waals surface area contributed by atoms with E-state index in [4.69, 9.17) is 4.74 Å². The van der Waals surface area contributed by atoms with Crippen molar-refractivity contribution in [3.05, 3.63) is 72.1 Å². The van der Waals surface area contributed by atoms with Gasteiger partial charge >= 0.3 is 0 Å². The Morgan fingerprint density at radius 3 is 2.61 bits per heavy atom. The predicted octanol–water partition coefficient (Wildman–Crippen LogP) is 4.16. The summed E-state index contributed by atoms with van der Waals surface area (Å²) in [5.74, 6) is 0.810. The maximum atomic E-state index is 10.6. The van der Waals surface area contributed by atoms with Crippen LogP contribution in [0.3, 0.4) is 0 Å². The van der Waals surface area contributed by atoms with E-state index in [0.717, 1.165) is 28.6 Å². The van der Waals surface area contributed by atoms with Crippen molar-refractivity contribution >= 4 is 21.8 Å². The third kappa shape index (κ3) is 3.48. The van der Waals surface area contributed by atoms with Crippen LogP contribution in [-0.2, 0) is 13.1 Å². The fraction of sp³-hybridized carbons (Fsp3) is 0.292. The van der Waals surface area contributed by atoms with E-state index in [2.05, 4.69) is 60.5 Å². The van der Waals surface area contributed by atoms with Gasteiger partial charge in [-0.05, 0) is 55.5 Å². The lowest BCUT2D eigenvalue weighted by Crippen LogP contribution is -2.41. The fourth-order valence-electron chi connectivity index (χ4n) is 3.72. The van der Waals surface area contributed by atoms with Gasteiger partial charge in [0.25, 0.3) is 0 Å². The summed E-state index contributed by atoms with van der Waals surface area (Å²) in [6.45, 7) is 8.05. The summed E-state index contributed by atoms with van der Waals surface area (Å²) < 4.78 is 10.3. The molecule has 1 aromatic heterocycles. The zero-order chi connectivity index (χ0) is 19.7. The van der Waals surface area contributed by atoms with Crippen LogP contribution >= 0.6 is 0 Å². The molecular weight excluding hydrogens is 348 g/mol. The topological polar surface area (TPSA) is 38.3 Å². The van der Waals surface area contributed by atoms with Gasteiger partial charge in [0.05, 0.1) is 6.54 Å². The molecule has 0 spiro atoms. The monoisotopic (exact) mass is 375 g/mol. The number of fused-ring (bicyclic) bond motifs is 2. The summed E-state index contributed by atoms with van der Waals surface area (Å²) in [5.41, 5.74) is 4.89. The van der Waals surface area contributed by atoms with Gasteiger partial charge in [-0.3, -0.25) is 0 Å². The molecular formula is C24H27N2O2+. The number of benzene rings is 3. The largest absolute Gasteiger partial charge is 0.490 e. The van der Waals surface area contributed by atoms with Crippen LogP contribution in [-0.4, -0.2) is 22.4 Å². The molecule has 28 heavy (non-hydrogen) atoms. The van der Waals surface area contributed by atoms with E-state index in [9.17, 15) is 5.11 Å². The van der Waals surface area contributed by atoms with Crippen molar-refractivity contribution in [2.75, 3.05) is 6.61 Å². The summed E-state index contributed by atoms with van der Waals surface area (Å²) in [4.78, 5) is 0. The van der Waals surface area contributed by atoms with E-state index in [1.807, 2.05) is 30.3 Å². The van der Waals surface area contributed by atoms with Gasteiger partial charge in [0, 0.05) is 5.39 Å². The minimum Gasteiger partial charge on any atom is -0.490 e. The molecule has 0 fully saturated rings. The van der Waals surface area contributed by atoms with Crippen LogP contribution < -0.4 is 9.30 Å². The summed E-state index contributed by atoms with van der Waals surface area (Å²) >= 11 is 0. The second-order valence-corrected chi connectivity index (χ2v) is 7.42. The van der Waals surface area contributed by atoms with Gasteiger partial charge in [-0.1, -0.05) is 36.4 Å². The van der Waals surface area contributed by atoms with Gasteiger partial charge in [-0.25, -0.2) is 9.13 Å². The molecule has 0 aliphatic rings. The zero-order valence-electron chi connectivity index (χ0n) is 16.7. The molecule has 1 N–H and O–H groups in total. The zero-order valence-corrected chi connectivity index (χ0v) is 16.7. The highest BCUT2D eigenvalue weighted by molar-refractivity contribution is 5.88. The van der Waals surface area contributed by atoms with E-state index in [1.54, 1.807) is 0 Å². The molecule has 0 saturated heterocycles. The Balaban J connectivity index is 1.54. The van der Waals surface area contributed by atoms with Gasteiger partial charge in [0.2, 0.25) is 6.33 Å². The van der Waals surface area contributed by atoms with Crippen LogP contribution in [0.15, 0.2) is 60.9 Å². The number of nitrogens with zero attached hydrogens (tertiary/aromatic N) is 2. The number of aromatic nitrogens is 2. The van der Waals surface area contributed by atoms with E-state index in [0.29, 0.717) is 6.54 Å². The Morgan fingerprint density at radius 2 is 1.79 bits per heavy atom. The van der Waals surface area contributed by atoms with Crippen molar-refractivity contribution in [1.82, 2.24) is 4.57 Å². The quantitative estimate of drug-likeness (QED) is 0.514. The molecule has 4 rings (SSSR count). The van der Waals surface area contributed by atoms with Crippen LogP contribution in [0.25, 0.3) is 21.8 Å². The van der Waals surface area contributed by atoms with Crippen molar-refractivity contribution < 1.29 is 14.4 Å². The first-order valence-electron chi connectivity index (χ1n) is 9.85. The molecule has 4 aromatic rings. The fourth-order valence-corrected chi connectivity index (χ4v) is 3.72. The molecule has 1 atom stereocenters. The number of hydrogen-bond acceptors (Lipinski definition) is 2. The van der Waals surface area contributed by atoms with Crippen LogP contribution in [0.1, 0.15) is 18.1 Å². The normalized spacial score (nSPS) is 12.6. The average molecular weight is 375 g/mol. The van der Waals surface area contributed by atoms with E-state index in [-0.39, 0.29) is 6.61 Å². The van der Waals surface area contributed by atoms with Crippen LogP contribution in [0, 0.1) is 13.8 Å². The number of aliphatic hydroxyl groups is 1. The Morgan fingerprint density at radius 1 is 1.04 bits per heavy atom. The molecule has 144 valence electrons. The molecule has 4 nitrogen and oxygen atoms in total. The molecule has 0 unspecified atom stereocenters. The number of aliphatic hydroxyl groups excluding tert-OH is 1. The van der Waals surface area contributed by atoms with E-state index >= 15 is 0 Å². The molecule has 0 bridgehead atoms. The third-order valence-electron chi connectivity index (χ3n) is 5.42. The number of ether oxygens (including phenoxy) is 1. The Hall–Kier alpha value is -2.85. The summed E-state index contributed by atoms with van der Waals surface area (Å²) in [6.07, 6.45) is 1.49. The second kappa shape index (κ2) is 7.64. The number of hydrogen-bond donors (Lipinski definition) is 1. The molecule has 0 aliphatic carbocycles. The van der Waals surface area contributed by atoms with E-state index < -0.39 is 6.10 Å². The van der Waals surface area contributed by atoms with Crippen molar-refractivity contribution in [3.63, 3.8) is 0 Å². The molecule has 3 aromatic carbocycles. The first-order valence-corrected chi connectivity index (χ1v) is 9.85. The van der Waals surface area contributed by atoms with Gasteiger partial charge in [-0.15, -0.1) is 0 Å². The maximum Gasteiger partial charge on any atom is 0.244 e. The minimum atomic E-state index is -0.596. The van der Waals surface area contributed by atoms with Crippen molar-refractivity contribution in [3.8, 4) is 5.75 Å². The van der Waals surface area contributed by atoms with Crippen molar-refractivity contribution in [1.29, 1.82) is 0 Å². The van der Waals surface area contributed by atoms with Gasteiger partial charge < -0.3 is 9.84 Å². The highest BCUT2D eigenvalue weighted by atomic mass is 16.5. The lowest BCUT2D eigenvalue weighted by atomic mass is 10.1. The summed E-state index contributed by atoms with van der Waals surface area (Å²) in [7, 11) is 0. The summed E-state index contributed by atoms with van der Waals surface area (Å²) in [6, 6.07) is 18.6. The Kier molecular flexibility index (Phi) is 5.05.